The second-order valence-electron chi connectivity index (χ2n) is 5.91. The third-order valence-corrected chi connectivity index (χ3v) is 17.5. The first-order valence-electron chi connectivity index (χ1n) is 10.5. The highest BCUT2D eigenvalue weighted by Gasteiger charge is 2.04. The number of nitrogens with one attached hydrogen (secondary N) is 1. The zero-order valence-corrected chi connectivity index (χ0v) is 30.3. The molecule has 1 amide bonds. The molecule has 0 heterocycles. The maximum absolute atomic E-state index is 11.9. The van der Waals surface area contributed by atoms with Gasteiger partial charge in [0, 0.05) is 65.3 Å². The van der Waals surface area contributed by atoms with Crippen molar-refractivity contribution in [3.05, 3.63) is 0 Å². The van der Waals surface area contributed by atoms with Gasteiger partial charge in [0.15, 0.2) is 5.08 Å². The Morgan fingerprint density at radius 1 is 0.811 bits per heavy atom. The number of aliphatic hydroxyl groups is 1. The summed E-state index contributed by atoms with van der Waals surface area (Å²) >= 11 is 15.1. The van der Waals surface area contributed by atoms with Gasteiger partial charge in [0.25, 0.3) is 5.24 Å². The van der Waals surface area contributed by atoms with E-state index in [0.29, 0.717) is 28.3 Å². The molecular weight excluding hydrogens is 707 g/mol. The zero-order chi connectivity index (χ0) is 27.2. The average molecular weight is 742 g/mol. The third kappa shape index (κ3) is 33.3. The van der Waals surface area contributed by atoms with E-state index in [-0.39, 0.29) is 11.8 Å². The highest BCUT2D eigenvalue weighted by Crippen LogP contribution is 2.24. The number of rotatable bonds is 27. The fourth-order valence-electron chi connectivity index (χ4n) is 1.65. The summed E-state index contributed by atoms with van der Waals surface area (Å²) in [7, 11) is 1.63. The number of carbonyl (C=O) groups is 1. The van der Waals surface area contributed by atoms with E-state index >= 15 is 0 Å². The van der Waals surface area contributed by atoms with Gasteiger partial charge in [0.1, 0.15) is 5.75 Å². The second kappa shape index (κ2) is 33.4. The topological polar surface area (TPSA) is 120 Å². The Balaban J connectivity index is 3.29. The van der Waals surface area contributed by atoms with Crippen molar-refractivity contribution in [1.82, 2.24) is 5.32 Å². The Kier molecular flexibility index (Phi) is 36.0. The molecule has 0 aliphatic heterocycles. The molecule has 0 rings (SSSR count). The van der Waals surface area contributed by atoms with Crippen LogP contribution in [0, 0.1) is 0 Å². The number of carbonyl (C=O) groups excluding carboxylic acids is 1. The summed E-state index contributed by atoms with van der Waals surface area (Å²) in [6.07, 6.45) is 0. The van der Waals surface area contributed by atoms with Gasteiger partial charge in [0.2, 0.25) is 11.1 Å². The molecule has 0 aromatic rings. The van der Waals surface area contributed by atoms with E-state index in [1.807, 2.05) is 47.0 Å². The monoisotopic (exact) mass is 741 g/mol. The normalized spacial score (nSPS) is 13.5. The van der Waals surface area contributed by atoms with Crippen molar-refractivity contribution < 1.29 is 19.0 Å². The second-order valence-corrected chi connectivity index (χ2v) is 21.5. The van der Waals surface area contributed by atoms with E-state index in [4.69, 9.17) is 5.11 Å². The lowest BCUT2D eigenvalue weighted by Crippen LogP contribution is -2.17. The molecule has 0 aromatic heterocycles. The molecule has 0 saturated heterocycles. The summed E-state index contributed by atoms with van der Waals surface area (Å²) in [5, 5.41) is 18.8. The quantitative estimate of drug-likeness (QED) is 0.0348. The number of hydrogen-bond acceptors (Lipinski definition) is 16. The molecule has 0 aliphatic carbocycles. The first-order chi connectivity index (χ1) is 18.1. The van der Waals surface area contributed by atoms with Gasteiger partial charge in [-0.15, -0.1) is 82.3 Å². The van der Waals surface area contributed by atoms with Crippen molar-refractivity contribution in [3.8, 4) is 0 Å². The van der Waals surface area contributed by atoms with Gasteiger partial charge in [-0.1, -0.05) is 23.5 Å². The van der Waals surface area contributed by atoms with Crippen LogP contribution in [0.15, 0.2) is 9.98 Å². The number of nitrogens with zero attached hydrogens (tertiary/aromatic N) is 2. The van der Waals surface area contributed by atoms with Gasteiger partial charge >= 0.3 is 0 Å². The number of aliphatic hydroxyl groups excluding tert-OH is 1. The predicted molar refractivity (Wildman–Crippen MR) is 194 cm³/mol. The Morgan fingerprint density at radius 3 is 2.11 bits per heavy atom. The fourth-order valence-corrected chi connectivity index (χ4v) is 14.9. The first-order valence-corrected chi connectivity index (χ1v) is 24.6. The van der Waals surface area contributed by atoms with Crippen molar-refractivity contribution in [2.45, 2.75) is 0 Å². The van der Waals surface area contributed by atoms with E-state index in [2.05, 4.69) is 15.3 Å². The van der Waals surface area contributed by atoms with E-state index in [1.165, 1.54) is 22.9 Å². The minimum absolute atomic E-state index is 0.0283. The minimum Gasteiger partial charge on any atom is -0.611 e. The summed E-state index contributed by atoms with van der Waals surface area (Å²) in [5.41, 5.74) is 3.01. The van der Waals surface area contributed by atoms with Crippen LogP contribution >= 0.6 is 118 Å². The summed E-state index contributed by atoms with van der Waals surface area (Å²) in [6, 6.07) is 0. The predicted octanol–water partition coefficient (Wildman–Crippen LogP) is 5.78. The molecule has 0 radical (unpaired) electrons. The smallest absolute Gasteiger partial charge is 0.280 e. The van der Waals surface area contributed by atoms with Gasteiger partial charge in [-0.2, -0.15) is 11.8 Å². The SMILES string of the molecule is C/N=C/[S+]([O-])CSCSCSCSCSC(=O)NCSCSCSCSC/N=C/[S+]([O-])CCSCCO. The molecule has 7 nitrogen and oxygen atoms in total. The maximum atomic E-state index is 11.9. The summed E-state index contributed by atoms with van der Waals surface area (Å²) in [6.45, 7) is 0.163. The van der Waals surface area contributed by atoms with Crippen molar-refractivity contribution in [2.24, 2.45) is 9.98 Å². The molecule has 2 N–H and O–H groups in total. The summed E-state index contributed by atoms with van der Waals surface area (Å²) in [4.78, 5) is 19.8. The van der Waals surface area contributed by atoms with Gasteiger partial charge < -0.3 is 19.5 Å². The Labute approximate surface area is 271 Å². The van der Waals surface area contributed by atoms with Gasteiger partial charge in [-0.25, -0.2) is 4.99 Å². The van der Waals surface area contributed by atoms with E-state index in [0.717, 1.165) is 41.3 Å². The van der Waals surface area contributed by atoms with Crippen molar-refractivity contribution in [3.63, 3.8) is 0 Å². The van der Waals surface area contributed by atoms with Crippen LogP contribution in [0.1, 0.15) is 0 Å². The summed E-state index contributed by atoms with van der Waals surface area (Å²) < 4.78 is 23.1. The van der Waals surface area contributed by atoms with Gasteiger partial charge in [0.05, 0.1) is 18.4 Å². The van der Waals surface area contributed by atoms with Gasteiger partial charge in [-0.05, 0) is 11.2 Å². The fraction of sp³-hybridized carbons (Fsp3) is 0.833. The average Bonchev–Trinajstić information content (AvgIpc) is 2.88. The maximum Gasteiger partial charge on any atom is 0.280 e. The van der Waals surface area contributed by atoms with Crippen LogP contribution in [0.25, 0.3) is 0 Å². The molecule has 0 saturated carbocycles. The number of thioether (sulfide) groups is 10. The lowest BCUT2D eigenvalue weighted by molar-refractivity contribution is 0.262. The number of hydrogen-bond donors (Lipinski definition) is 2. The molecule has 2 unspecified atom stereocenters. The minimum atomic E-state index is -1.01. The standard InChI is InChI=1S/C18H35N3O4S12/c1-19-8-37(25)17-34-15-32-13-31-14-33-16-35-18(23)21-7-28-11-30-12-29-10-27-6-20-9-36(24)5-4-26-3-2-22/h8-9,22H,2-7,10-17H2,1H3,(H,21,23)/b19-8+,20-9+. The van der Waals surface area contributed by atoms with Crippen LogP contribution < -0.4 is 5.32 Å². The zero-order valence-electron chi connectivity index (χ0n) is 20.5. The molecule has 37 heavy (non-hydrogen) atoms. The van der Waals surface area contributed by atoms with E-state index in [9.17, 15) is 13.9 Å². The Bertz CT molecular complexity index is 572. The summed E-state index contributed by atoms with van der Waals surface area (Å²) in [5.74, 6) is 3.31. The molecule has 0 aliphatic rings. The molecular formula is C18H35N3O4S12. The Hall–Kier alpha value is 2.89. The van der Waals surface area contributed by atoms with Crippen molar-refractivity contribution in [1.29, 1.82) is 0 Å². The lowest BCUT2D eigenvalue weighted by Gasteiger charge is -2.05. The van der Waals surface area contributed by atoms with E-state index < -0.39 is 22.4 Å². The lowest BCUT2D eigenvalue weighted by atomic mass is 10.9. The molecule has 0 aromatic carbocycles. The van der Waals surface area contributed by atoms with Crippen LogP contribution in [0.5, 0.6) is 0 Å². The van der Waals surface area contributed by atoms with Crippen molar-refractivity contribution >= 4 is 156 Å². The molecule has 0 spiro atoms. The Morgan fingerprint density at radius 2 is 1.43 bits per heavy atom. The van der Waals surface area contributed by atoms with Crippen LogP contribution in [-0.2, 0) is 22.4 Å². The first kappa shape index (κ1) is 39.9. The molecule has 2 atom stereocenters. The van der Waals surface area contributed by atoms with Crippen LogP contribution in [0.3, 0.4) is 0 Å². The van der Waals surface area contributed by atoms with Gasteiger partial charge in [-0.3, -0.25) is 9.79 Å². The third-order valence-electron chi connectivity index (χ3n) is 3.04. The molecule has 0 bridgehead atoms. The van der Waals surface area contributed by atoms with Crippen LogP contribution in [-0.4, -0.2) is 114 Å². The van der Waals surface area contributed by atoms with Crippen LogP contribution in [0.2, 0.25) is 0 Å². The number of aliphatic imine (C=N–C) groups is 2. The van der Waals surface area contributed by atoms with Crippen LogP contribution in [0.4, 0.5) is 4.79 Å². The molecule has 218 valence electrons. The highest BCUT2D eigenvalue weighted by atomic mass is 32.3. The van der Waals surface area contributed by atoms with E-state index in [1.54, 1.807) is 65.9 Å². The molecule has 0 fully saturated rings. The largest absolute Gasteiger partial charge is 0.611 e. The number of amides is 1. The molecule has 19 heteroatoms. The van der Waals surface area contributed by atoms with Crippen molar-refractivity contribution in [2.75, 3.05) is 83.3 Å². The highest BCUT2D eigenvalue weighted by molar-refractivity contribution is 8.30.